The monoisotopic (exact) mass is 704 g/mol. The van der Waals surface area contributed by atoms with E-state index in [1.165, 1.54) is 11.8 Å². The van der Waals surface area contributed by atoms with Crippen molar-refractivity contribution in [1.82, 2.24) is 20.3 Å². The standard InChI is InChI=1S/C34H49BrN4O5S/c1-22(2)27(20-23(3)30(40)38-45(43,44)21-24-14-12-11-13-15-24)39(10)32(42)29(33(4,5)6)37-31(41)28(36-9)34(7,8)25-16-18-26(35)19-17-25/h11-20,22,27-29,36H,21H2,1-10H3,(H,37,41)(H,38,40)/b23-20+. The first-order valence-electron chi connectivity index (χ1n) is 15.0. The fraction of sp³-hybridized carbons (Fsp3) is 0.500. The van der Waals surface area contributed by atoms with Gasteiger partial charge in [0.15, 0.2) is 0 Å². The summed E-state index contributed by atoms with van der Waals surface area (Å²) in [5.41, 5.74) is 0.421. The largest absolute Gasteiger partial charge is 0.342 e. The van der Waals surface area contributed by atoms with Crippen molar-refractivity contribution < 1.29 is 22.8 Å². The molecule has 0 fully saturated rings. The summed E-state index contributed by atoms with van der Waals surface area (Å²) in [5, 5.41) is 6.16. The average molecular weight is 706 g/mol. The van der Waals surface area contributed by atoms with Gasteiger partial charge in [0.1, 0.15) is 6.04 Å². The lowest BCUT2D eigenvalue weighted by atomic mass is 9.76. The van der Waals surface area contributed by atoms with E-state index in [0.29, 0.717) is 5.56 Å². The van der Waals surface area contributed by atoms with Crippen LogP contribution >= 0.6 is 15.9 Å². The maximum Gasteiger partial charge on any atom is 0.260 e. The Balaban J connectivity index is 2.30. The smallest absolute Gasteiger partial charge is 0.260 e. The number of hydrogen-bond donors (Lipinski definition) is 3. The van der Waals surface area contributed by atoms with Crippen LogP contribution in [0.5, 0.6) is 0 Å². The predicted molar refractivity (Wildman–Crippen MR) is 184 cm³/mol. The van der Waals surface area contributed by atoms with E-state index >= 15 is 0 Å². The number of likely N-dealkylation sites (N-methyl/N-ethyl adjacent to an activating group) is 2. The molecular weight excluding hydrogens is 656 g/mol. The number of nitrogens with one attached hydrogen (secondary N) is 3. The third-order valence-corrected chi connectivity index (χ3v) is 9.70. The van der Waals surface area contributed by atoms with Gasteiger partial charge < -0.3 is 15.5 Å². The number of nitrogens with zero attached hydrogens (tertiary/aromatic N) is 1. The molecule has 11 heteroatoms. The van der Waals surface area contributed by atoms with Crippen molar-refractivity contribution in [3.05, 3.63) is 81.8 Å². The van der Waals surface area contributed by atoms with E-state index in [9.17, 15) is 22.8 Å². The molecule has 3 amide bonds. The van der Waals surface area contributed by atoms with Crippen LogP contribution in [0.2, 0.25) is 0 Å². The van der Waals surface area contributed by atoms with Gasteiger partial charge >= 0.3 is 0 Å². The Hall–Kier alpha value is -3.02. The fourth-order valence-corrected chi connectivity index (χ4v) is 6.64. The van der Waals surface area contributed by atoms with Gasteiger partial charge in [0.25, 0.3) is 5.91 Å². The number of carbonyl (C=O) groups is 3. The summed E-state index contributed by atoms with van der Waals surface area (Å²) in [4.78, 5) is 42.4. The van der Waals surface area contributed by atoms with Crippen molar-refractivity contribution in [3.8, 4) is 0 Å². The lowest BCUT2D eigenvalue weighted by Crippen LogP contribution is -2.61. The highest BCUT2D eigenvalue weighted by Crippen LogP contribution is 2.30. The molecular formula is C34H49BrN4O5S. The molecule has 0 bridgehead atoms. The Morgan fingerprint density at radius 1 is 0.933 bits per heavy atom. The molecule has 0 aliphatic carbocycles. The van der Waals surface area contributed by atoms with E-state index in [1.807, 2.05) is 72.7 Å². The van der Waals surface area contributed by atoms with E-state index in [1.54, 1.807) is 50.5 Å². The number of benzene rings is 2. The highest BCUT2D eigenvalue weighted by atomic mass is 79.9. The number of sulfonamides is 1. The molecule has 2 aromatic carbocycles. The van der Waals surface area contributed by atoms with Crippen LogP contribution in [-0.2, 0) is 35.6 Å². The molecule has 3 N–H and O–H groups in total. The van der Waals surface area contributed by atoms with Gasteiger partial charge in [-0.1, -0.05) is 113 Å². The van der Waals surface area contributed by atoms with Crippen LogP contribution in [0.1, 0.15) is 66.5 Å². The van der Waals surface area contributed by atoms with E-state index in [-0.39, 0.29) is 29.1 Å². The molecule has 0 saturated heterocycles. The number of rotatable bonds is 13. The zero-order valence-corrected chi connectivity index (χ0v) is 30.5. The predicted octanol–water partition coefficient (Wildman–Crippen LogP) is 4.92. The van der Waals surface area contributed by atoms with Gasteiger partial charge in [-0.3, -0.25) is 14.4 Å². The van der Waals surface area contributed by atoms with Crippen LogP contribution in [0.25, 0.3) is 0 Å². The highest BCUT2D eigenvalue weighted by molar-refractivity contribution is 9.10. The first-order chi connectivity index (χ1) is 20.7. The summed E-state index contributed by atoms with van der Waals surface area (Å²) >= 11 is 3.46. The Morgan fingerprint density at radius 3 is 1.98 bits per heavy atom. The Kier molecular flexibility index (Phi) is 13.2. The molecule has 2 aromatic rings. The molecule has 0 radical (unpaired) electrons. The second-order valence-corrected chi connectivity index (χ2v) is 16.1. The quantitative estimate of drug-likeness (QED) is 0.254. The first-order valence-corrected chi connectivity index (χ1v) is 17.4. The second kappa shape index (κ2) is 15.5. The van der Waals surface area contributed by atoms with Crippen molar-refractivity contribution >= 4 is 43.7 Å². The minimum absolute atomic E-state index is 0.125. The van der Waals surface area contributed by atoms with Crippen LogP contribution in [0.4, 0.5) is 0 Å². The van der Waals surface area contributed by atoms with Crippen LogP contribution in [0.15, 0.2) is 70.7 Å². The van der Waals surface area contributed by atoms with Crippen LogP contribution < -0.4 is 15.4 Å². The third kappa shape index (κ3) is 10.5. The summed E-state index contributed by atoms with van der Waals surface area (Å²) in [6, 6.07) is 14.3. The minimum Gasteiger partial charge on any atom is -0.342 e. The molecule has 0 aromatic heterocycles. The van der Waals surface area contributed by atoms with Crippen LogP contribution in [0.3, 0.4) is 0 Å². The molecule has 0 heterocycles. The Bertz CT molecular complexity index is 1470. The second-order valence-electron chi connectivity index (χ2n) is 13.5. The van der Waals surface area contributed by atoms with Gasteiger partial charge in [-0.05, 0) is 48.6 Å². The Morgan fingerprint density at radius 2 is 1.49 bits per heavy atom. The van der Waals surface area contributed by atoms with Crippen molar-refractivity contribution in [2.24, 2.45) is 11.3 Å². The lowest BCUT2D eigenvalue weighted by molar-refractivity contribution is -0.140. The molecule has 3 atom stereocenters. The first kappa shape index (κ1) is 38.2. The van der Waals surface area contributed by atoms with E-state index in [0.717, 1.165) is 10.0 Å². The van der Waals surface area contributed by atoms with Crippen LogP contribution in [0, 0.1) is 11.3 Å². The molecule has 9 nitrogen and oxygen atoms in total. The number of hydrogen-bond acceptors (Lipinski definition) is 6. The highest BCUT2D eigenvalue weighted by Gasteiger charge is 2.41. The van der Waals surface area contributed by atoms with E-state index in [2.05, 4.69) is 31.3 Å². The summed E-state index contributed by atoms with van der Waals surface area (Å²) in [6.07, 6.45) is 1.60. The molecule has 248 valence electrons. The average Bonchev–Trinajstić information content (AvgIpc) is 2.93. The van der Waals surface area contributed by atoms with Crippen molar-refractivity contribution in [2.45, 2.75) is 84.7 Å². The molecule has 3 unspecified atom stereocenters. The van der Waals surface area contributed by atoms with Gasteiger partial charge in [-0.2, -0.15) is 0 Å². The van der Waals surface area contributed by atoms with Gasteiger partial charge in [0.2, 0.25) is 21.8 Å². The van der Waals surface area contributed by atoms with Crippen molar-refractivity contribution in [1.29, 1.82) is 0 Å². The van der Waals surface area contributed by atoms with Crippen molar-refractivity contribution in [3.63, 3.8) is 0 Å². The van der Waals surface area contributed by atoms with Gasteiger partial charge in [-0.25, -0.2) is 13.1 Å². The fourth-order valence-electron chi connectivity index (χ4n) is 5.23. The molecule has 2 rings (SSSR count). The maximum atomic E-state index is 14.1. The van der Waals surface area contributed by atoms with Gasteiger partial charge in [0.05, 0.1) is 17.8 Å². The SMILES string of the molecule is CNC(C(=O)NC(C(=O)N(C)C(/C=C(\C)C(=O)NS(=O)(=O)Cc1ccccc1)C(C)C)C(C)(C)C)C(C)(C)c1ccc(Br)cc1. The third-order valence-electron chi connectivity index (χ3n) is 7.96. The number of carbonyl (C=O) groups excluding carboxylic acids is 3. The van der Waals surface area contributed by atoms with E-state index < -0.39 is 44.9 Å². The zero-order chi connectivity index (χ0) is 34.3. The summed E-state index contributed by atoms with van der Waals surface area (Å²) in [7, 11) is -0.587. The van der Waals surface area contributed by atoms with Crippen molar-refractivity contribution in [2.75, 3.05) is 14.1 Å². The topological polar surface area (TPSA) is 125 Å². The molecule has 0 saturated carbocycles. The summed E-state index contributed by atoms with van der Waals surface area (Å²) < 4.78 is 28.4. The minimum atomic E-state index is -3.94. The number of amides is 3. The summed E-state index contributed by atoms with van der Waals surface area (Å²) in [6.45, 7) is 14.9. The molecule has 45 heavy (non-hydrogen) atoms. The van der Waals surface area contributed by atoms with E-state index in [4.69, 9.17) is 0 Å². The van der Waals surface area contributed by atoms with Gasteiger partial charge in [0, 0.05) is 22.5 Å². The Labute approximate surface area is 277 Å². The molecule has 0 spiro atoms. The molecule has 0 aliphatic rings. The zero-order valence-electron chi connectivity index (χ0n) is 28.1. The summed E-state index contributed by atoms with van der Waals surface area (Å²) in [5.74, 6) is -1.86. The normalized spacial score (nSPS) is 14.8. The molecule has 0 aliphatic heterocycles. The van der Waals surface area contributed by atoms with Crippen LogP contribution in [-0.4, -0.2) is 63.3 Å². The lowest BCUT2D eigenvalue weighted by Gasteiger charge is -2.40. The number of halogens is 1. The maximum absolute atomic E-state index is 14.1. The van der Waals surface area contributed by atoms with Gasteiger partial charge in [-0.15, -0.1) is 0 Å².